The first-order valence-corrected chi connectivity index (χ1v) is 6.54. The molecule has 0 saturated carbocycles. The van der Waals surface area contributed by atoms with E-state index in [1.807, 2.05) is 6.07 Å². The first-order valence-electron chi connectivity index (χ1n) is 5.34. The van der Waals surface area contributed by atoms with E-state index in [2.05, 4.69) is 26.6 Å². The highest BCUT2D eigenvalue weighted by Crippen LogP contribution is 2.44. The molecule has 2 unspecified atom stereocenters. The summed E-state index contributed by atoms with van der Waals surface area (Å²) < 4.78 is 0.832. The minimum Gasteiger partial charge on any atom is -0.364 e. The van der Waals surface area contributed by atoms with E-state index in [1.165, 1.54) is 11.8 Å². The van der Waals surface area contributed by atoms with Crippen LogP contribution in [0.15, 0.2) is 22.7 Å². The van der Waals surface area contributed by atoms with Gasteiger partial charge in [0.1, 0.15) is 0 Å². The average molecular weight is 328 g/mol. The Morgan fingerprint density at radius 2 is 2.33 bits per heavy atom. The van der Waals surface area contributed by atoms with Gasteiger partial charge in [0.2, 0.25) is 11.6 Å². The fraction of sp³-hybridized carbons (Fsp3) is 0.273. The normalized spacial score (nSPS) is 28.5. The van der Waals surface area contributed by atoms with Crippen molar-refractivity contribution >= 4 is 44.9 Å². The topological polar surface area (TPSA) is 64.6 Å². The molecule has 3 rings (SSSR count). The van der Waals surface area contributed by atoms with Gasteiger partial charge >= 0.3 is 0 Å². The fourth-order valence-electron chi connectivity index (χ4n) is 2.49. The molecule has 7 heteroatoms. The van der Waals surface area contributed by atoms with Gasteiger partial charge < -0.3 is 15.7 Å². The Hall–Kier alpha value is -1.18. The summed E-state index contributed by atoms with van der Waals surface area (Å²) in [5.74, 6) is -0.154. The fourth-order valence-corrected chi connectivity index (χ4v) is 3.11. The molecule has 0 radical (unpaired) electrons. The van der Waals surface area contributed by atoms with Crippen LogP contribution in [0.1, 0.15) is 12.5 Å². The molecule has 0 aromatic heterocycles. The molecule has 2 aliphatic rings. The Morgan fingerprint density at radius 1 is 1.61 bits per heavy atom. The molecule has 2 atom stereocenters. The largest absolute Gasteiger partial charge is 0.364 e. The molecule has 0 bridgehead atoms. The summed E-state index contributed by atoms with van der Waals surface area (Å²) in [6.45, 7) is 1.46. The summed E-state index contributed by atoms with van der Waals surface area (Å²) in [4.78, 5) is 13.3. The van der Waals surface area contributed by atoms with Crippen LogP contribution in [0.5, 0.6) is 0 Å². The molecule has 1 aromatic rings. The second-order valence-electron chi connectivity index (χ2n) is 4.32. The third-order valence-electron chi connectivity index (χ3n) is 3.19. The predicted molar refractivity (Wildman–Crippen MR) is 73.9 cm³/mol. The van der Waals surface area contributed by atoms with Gasteiger partial charge in [0.05, 0.1) is 5.69 Å². The van der Waals surface area contributed by atoms with Crippen LogP contribution >= 0.6 is 28.1 Å². The Labute approximate surface area is 117 Å². The highest BCUT2D eigenvalue weighted by atomic mass is 79.9. The lowest BCUT2D eigenvalue weighted by atomic mass is 10.0. The van der Waals surface area contributed by atoms with Crippen LogP contribution in [-0.4, -0.2) is 22.3 Å². The smallest absolute Gasteiger partial charge is 0.225 e. The van der Waals surface area contributed by atoms with Gasteiger partial charge in [-0.2, -0.15) is 0 Å². The quantitative estimate of drug-likeness (QED) is 0.614. The summed E-state index contributed by atoms with van der Waals surface area (Å²) in [6, 6.07) is 5.41. The minimum absolute atomic E-state index is 0.154. The molecule has 3 N–H and O–H groups in total. The molecule has 18 heavy (non-hydrogen) atoms. The van der Waals surface area contributed by atoms with Crippen LogP contribution in [0.3, 0.4) is 0 Å². The number of thiocarbonyl (C=S) groups is 1. The molecule has 1 amide bonds. The summed E-state index contributed by atoms with van der Waals surface area (Å²) >= 11 is 8.38. The predicted octanol–water partition coefficient (Wildman–Crippen LogP) is 0.764. The Balaban J connectivity index is 2.23. The number of carbonyl (C=O) groups is 1. The maximum Gasteiger partial charge on any atom is 0.225 e. The third-order valence-corrected chi connectivity index (χ3v) is 3.91. The van der Waals surface area contributed by atoms with Gasteiger partial charge in [-0.1, -0.05) is 15.9 Å². The van der Waals surface area contributed by atoms with Crippen LogP contribution in [-0.2, 0) is 10.5 Å². The maximum absolute atomic E-state index is 11.8. The van der Waals surface area contributed by atoms with Crippen LogP contribution in [0.4, 0.5) is 5.69 Å². The number of hydrogen-bond donors (Lipinski definition) is 3. The van der Waals surface area contributed by atoms with Crippen molar-refractivity contribution in [3.05, 3.63) is 28.2 Å². The Kier molecular flexibility index (Phi) is 2.42. The number of aliphatic hydroxyl groups is 1. The lowest BCUT2D eigenvalue weighted by molar-refractivity contribution is -0.118. The van der Waals surface area contributed by atoms with Crippen molar-refractivity contribution in [3.63, 3.8) is 0 Å². The van der Waals surface area contributed by atoms with Gasteiger partial charge in [-0.05, 0) is 30.4 Å². The van der Waals surface area contributed by atoms with Gasteiger partial charge in [0, 0.05) is 17.0 Å². The first kappa shape index (κ1) is 11.9. The van der Waals surface area contributed by atoms with Crippen LogP contribution in [0, 0.1) is 0 Å². The molecule has 2 heterocycles. The van der Waals surface area contributed by atoms with E-state index < -0.39 is 11.9 Å². The molecular formula is C11H10BrN3O2S. The van der Waals surface area contributed by atoms with Crippen molar-refractivity contribution < 1.29 is 9.90 Å². The van der Waals surface area contributed by atoms with Crippen molar-refractivity contribution in [3.8, 4) is 0 Å². The van der Waals surface area contributed by atoms with E-state index in [4.69, 9.17) is 12.2 Å². The zero-order valence-corrected chi connectivity index (χ0v) is 11.8. The van der Waals surface area contributed by atoms with E-state index in [9.17, 15) is 9.90 Å². The number of benzene rings is 1. The summed E-state index contributed by atoms with van der Waals surface area (Å²) in [7, 11) is 0. The summed E-state index contributed by atoms with van der Waals surface area (Å²) in [6.07, 6.45) is -0.605. The minimum atomic E-state index is -1.37. The number of amides is 1. The van der Waals surface area contributed by atoms with E-state index in [-0.39, 0.29) is 5.91 Å². The number of hydrogen-bond acceptors (Lipinski definition) is 3. The van der Waals surface area contributed by atoms with E-state index in [0.717, 1.165) is 4.47 Å². The van der Waals surface area contributed by atoms with Crippen molar-refractivity contribution in [1.29, 1.82) is 0 Å². The standard InChI is InChI=1S/C11H10BrN3O2S/c1-5(16)15-8-3-2-6(12)4-7(8)11(17)9(15)13-10(18)14-11/h2-4,9,17H,1H3,(H2,13,14,18). The second kappa shape index (κ2) is 3.66. The van der Waals surface area contributed by atoms with Gasteiger partial charge in [-0.15, -0.1) is 0 Å². The molecule has 1 aromatic carbocycles. The van der Waals surface area contributed by atoms with Gasteiger partial charge in [0.15, 0.2) is 11.3 Å². The zero-order chi connectivity index (χ0) is 13.1. The van der Waals surface area contributed by atoms with Crippen LogP contribution in [0.2, 0.25) is 0 Å². The highest BCUT2D eigenvalue weighted by Gasteiger charge is 2.56. The molecule has 0 spiro atoms. The number of halogens is 1. The van der Waals surface area contributed by atoms with Gasteiger partial charge in [0.25, 0.3) is 0 Å². The molecule has 5 nitrogen and oxygen atoms in total. The monoisotopic (exact) mass is 327 g/mol. The van der Waals surface area contributed by atoms with Gasteiger partial charge in [-0.3, -0.25) is 9.69 Å². The number of fused-ring (bicyclic) bond motifs is 3. The molecule has 1 saturated heterocycles. The Morgan fingerprint density at radius 3 is 3.00 bits per heavy atom. The van der Waals surface area contributed by atoms with E-state index >= 15 is 0 Å². The molecule has 1 fully saturated rings. The highest BCUT2D eigenvalue weighted by molar-refractivity contribution is 9.10. The summed E-state index contributed by atoms with van der Waals surface area (Å²) in [5, 5.41) is 16.8. The van der Waals surface area contributed by atoms with Crippen molar-refractivity contribution in [2.75, 3.05) is 4.90 Å². The third kappa shape index (κ3) is 1.41. The van der Waals surface area contributed by atoms with Crippen molar-refractivity contribution in [2.45, 2.75) is 18.8 Å². The van der Waals surface area contributed by atoms with E-state index in [1.54, 1.807) is 12.1 Å². The SMILES string of the molecule is CC(=O)N1c2ccc(Br)cc2C2(O)NC(=S)NC12. The average Bonchev–Trinajstić information content (AvgIpc) is 2.67. The number of rotatable bonds is 0. The zero-order valence-electron chi connectivity index (χ0n) is 9.40. The lowest BCUT2D eigenvalue weighted by Gasteiger charge is -2.26. The maximum atomic E-state index is 11.8. The summed E-state index contributed by atoms with van der Waals surface area (Å²) in [5.41, 5.74) is -0.0628. The van der Waals surface area contributed by atoms with Gasteiger partial charge in [-0.25, -0.2) is 0 Å². The number of nitrogens with zero attached hydrogens (tertiary/aromatic N) is 1. The van der Waals surface area contributed by atoms with Crippen LogP contribution < -0.4 is 15.5 Å². The van der Waals surface area contributed by atoms with E-state index in [0.29, 0.717) is 16.4 Å². The molecule has 94 valence electrons. The first-order chi connectivity index (χ1) is 8.43. The number of anilines is 1. The van der Waals surface area contributed by atoms with Crippen LogP contribution in [0.25, 0.3) is 0 Å². The lowest BCUT2D eigenvalue weighted by Crippen LogP contribution is -2.52. The molecular weight excluding hydrogens is 318 g/mol. The number of carbonyl (C=O) groups excluding carboxylic acids is 1. The second-order valence-corrected chi connectivity index (χ2v) is 5.64. The molecule has 2 aliphatic heterocycles. The molecule has 0 aliphatic carbocycles. The van der Waals surface area contributed by atoms with Crippen molar-refractivity contribution in [1.82, 2.24) is 10.6 Å². The van der Waals surface area contributed by atoms with Crippen molar-refractivity contribution in [2.24, 2.45) is 0 Å². The Bertz CT molecular complexity index is 579. The number of nitrogens with one attached hydrogen (secondary N) is 2.